The van der Waals surface area contributed by atoms with Crippen LogP contribution < -0.4 is 5.32 Å². The van der Waals surface area contributed by atoms with Crippen molar-refractivity contribution in [2.75, 3.05) is 177 Å². The molecule has 0 unspecified atom stereocenters. The van der Waals surface area contributed by atoms with Gasteiger partial charge in [0.15, 0.2) is 0 Å². The normalized spacial score (nSPS) is 11.6. The van der Waals surface area contributed by atoms with Gasteiger partial charge >= 0.3 is 0 Å². The third-order valence-corrected chi connectivity index (χ3v) is 5.13. The first-order valence-corrected chi connectivity index (χ1v) is 15.7. The molecule has 0 saturated heterocycles. The van der Waals surface area contributed by atoms with Crippen LogP contribution in [0, 0.1) is 0 Å². The summed E-state index contributed by atoms with van der Waals surface area (Å²) in [4.78, 5) is 0. The lowest BCUT2D eigenvalue weighted by atomic mass is 10.6. The van der Waals surface area contributed by atoms with Crippen LogP contribution in [-0.4, -0.2) is 177 Å². The van der Waals surface area contributed by atoms with Crippen molar-refractivity contribution < 1.29 is 56.8 Å². The van der Waals surface area contributed by atoms with Crippen molar-refractivity contribution in [1.29, 1.82) is 0 Å². The number of alkyl halides is 1. The summed E-state index contributed by atoms with van der Waals surface area (Å²) in [6.07, 6.45) is 0. The fourth-order valence-corrected chi connectivity index (χ4v) is 2.98. The van der Waals surface area contributed by atoms with E-state index >= 15 is 0 Å². The molecule has 0 fully saturated rings. The van der Waals surface area contributed by atoms with Crippen molar-refractivity contribution in [2.45, 2.75) is 0 Å². The standard InChI is InChI=1S/C27H56BrNO12/c1-29-3-5-31-7-9-33-11-13-35-15-17-37-19-21-39-23-25-41-27-26-40-24-22-38-20-18-36-16-14-34-12-10-32-8-6-30-4-2-28/h29H,2-27H2,1H3. The molecule has 0 aliphatic carbocycles. The molecule has 0 amide bonds. The van der Waals surface area contributed by atoms with Crippen LogP contribution in [0.4, 0.5) is 0 Å². The van der Waals surface area contributed by atoms with Crippen molar-refractivity contribution in [1.82, 2.24) is 5.32 Å². The Labute approximate surface area is 255 Å². The molecule has 0 aliphatic rings. The Morgan fingerprint density at radius 3 is 0.634 bits per heavy atom. The number of halogens is 1. The first-order valence-electron chi connectivity index (χ1n) is 14.5. The van der Waals surface area contributed by atoms with Gasteiger partial charge in [-0.1, -0.05) is 15.9 Å². The number of likely N-dealkylation sites (N-methyl/N-ethyl adjacent to an activating group) is 1. The molecule has 0 aromatic heterocycles. The second-order valence-electron chi connectivity index (χ2n) is 8.14. The average molecular weight is 667 g/mol. The lowest BCUT2D eigenvalue weighted by Crippen LogP contribution is -2.17. The van der Waals surface area contributed by atoms with E-state index in [0.29, 0.717) is 159 Å². The van der Waals surface area contributed by atoms with Crippen molar-refractivity contribution in [3.05, 3.63) is 0 Å². The Hall–Kier alpha value is -0.0400. The molecule has 0 atom stereocenters. The zero-order chi connectivity index (χ0) is 29.6. The number of hydrogen-bond acceptors (Lipinski definition) is 13. The molecule has 0 aliphatic heterocycles. The first-order chi connectivity index (χ1) is 20.4. The SMILES string of the molecule is CNCCOCCOCCOCCOCCOCCOCCOCCOCCOCCOCCOCCOCCBr. The van der Waals surface area contributed by atoms with Crippen LogP contribution in [0.3, 0.4) is 0 Å². The smallest absolute Gasteiger partial charge is 0.0701 e. The maximum Gasteiger partial charge on any atom is 0.0701 e. The van der Waals surface area contributed by atoms with Crippen LogP contribution in [-0.2, 0) is 56.8 Å². The predicted molar refractivity (Wildman–Crippen MR) is 158 cm³/mol. The van der Waals surface area contributed by atoms with Crippen LogP contribution in [0.5, 0.6) is 0 Å². The third-order valence-electron chi connectivity index (χ3n) is 4.81. The molecule has 0 aromatic rings. The van der Waals surface area contributed by atoms with Crippen molar-refractivity contribution in [2.24, 2.45) is 0 Å². The Balaban J connectivity index is 3.02. The highest BCUT2D eigenvalue weighted by Crippen LogP contribution is 1.87. The van der Waals surface area contributed by atoms with Gasteiger partial charge in [-0.25, -0.2) is 0 Å². The van der Waals surface area contributed by atoms with Crippen LogP contribution in [0.15, 0.2) is 0 Å². The van der Waals surface area contributed by atoms with Crippen LogP contribution in [0.1, 0.15) is 0 Å². The van der Waals surface area contributed by atoms with Gasteiger partial charge in [0.2, 0.25) is 0 Å². The minimum atomic E-state index is 0.517. The molecule has 1 N–H and O–H groups in total. The van der Waals surface area contributed by atoms with E-state index in [4.69, 9.17) is 56.8 Å². The van der Waals surface area contributed by atoms with Gasteiger partial charge in [-0.15, -0.1) is 0 Å². The van der Waals surface area contributed by atoms with Crippen LogP contribution in [0.25, 0.3) is 0 Å². The summed E-state index contributed by atoms with van der Waals surface area (Å²) in [6.45, 7) is 14.1. The highest BCUT2D eigenvalue weighted by atomic mass is 79.9. The van der Waals surface area contributed by atoms with Gasteiger partial charge in [0, 0.05) is 11.9 Å². The molecule has 248 valence electrons. The molecule has 0 bridgehead atoms. The van der Waals surface area contributed by atoms with Crippen molar-refractivity contribution >= 4 is 15.9 Å². The molecule has 0 rings (SSSR count). The van der Waals surface area contributed by atoms with Gasteiger partial charge in [-0.2, -0.15) is 0 Å². The summed E-state index contributed by atoms with van der Waals surface area (Å²) >= 11 is 3.30. The van der Waals surface area contributed by atoms with Crippen molar-refractivity contribution in [3.8, 4) is 0 Å². The van der Waals surface area contributed by atoms with Gasteiger partial charge in [-0.3, -0.25) is 0 Å². The van der Waals surface area contributed by atoms with Gasteiger partial charge in [0.05, 0.1) is 159 Å². The van der Waals surface area contributed by atoms with E-state index < -0.39 is 0 Å². The van der Waals surface area contributed by atoms with Crippen molar-refractivity contribution in [3.63, 3.8) is 0 Å². The molecule has 0 spiro atoms. The highest BCUT2D eigenvalue weighted by molar-refractivity contribution is 9.09. The molecule has 0 saturated carbocycles. The number of hydrogen-bond donors (Lipinski definition) is 1. The van der Waals surface area contributed by atoms with E-state index in [1.807, 2.05) is 7.05 Å². The summed E-state index contributed by atoms with van der Waals surface area (Å²) < 4.78 is 65.1. The third kappa shape index (κ3) is 40.0. The Bertz CT molecular complexity index is 423. The fourth-order valence-electron chi connectivity index (χ4n) is 2.75. The van der Waals surface area contributed by atoms with Gasteiger partial charge in [0.1, 0.15) is 0 Å². The molecule has 0 radical (unpaired) electrons. The Morgan fingerprint density at radius 1 is 0.293 bits per heavy atom. The van der Waals surface area contributed by atoms with Gasteiger partial charge < -0.3 is 62.2 Å². The van der Waals surface area contributed by atoms with E-state index in [1.54, 1.807) is 0 Å². The van der Waals surface area contributed by atoms with Gasteiger partial charge in [-0.05, 0) is 7.05 Å². The van der Waals surface area contributed by atoms with E-state index in [0.717, 1.165) is 11.9 Å². The van der Waals surface area contributed by atoms with Crippen LogP contribution >= 0.6 is 15.9 Å². The monoisotopic (exact) mass is 665 g/mol. The summed E-state index contributed by atoms with van der Waals surface area (Å²) in [5.41, 5.74) is 0. The summed E-state index contributed by atoms with van der Waals surface area (Å²) in [5.74, 6) is 0. The van der Waals surface area contributed by atoms with E-state index in [2.05, 4.69) is 21.2 Å². The maximum atomic E-state index is 5.47. The second kappa shape index (κ2) is 40.0. The molecule has 41 heavy (non-hydrogen) atoms. The predicted octanol–water partition coefficient (Wildman–Crippen LogP) is 0.800. The van der Waals surface area contributed by atoms with E-state index in [9.17, 15) is 0 Å². The van der Waals surface area contributed by atoms with E-state index in [1.165, 1.54) is 0 Å². The zero-order valence-electron chi connectivity index (χ0n) is 25.2. The molecule has 14 heteroatoms. The second-order valence-corrected chi connectivity index (χ2v) is 8.93. The molecular formula is C27H56BrNO12. The average Bonchev–Trinajstić information content (AvgIpc) is 2.98. The lowest BCUT2D eigenvalue weighted by Gasteiger charge is -2.09. The first kappa shape index (κ1) is 41.0. The Kier molecular flexibility index (Phi) is 39.9. The lowest BCUT2D eigenvalue weighted by molar-refractivity contribution is -0.0282. The maximum absolute atomic E-state index is 5.47. The molecule has 13 nitrogen and oxygen atoms in total. The molecule has 0 aromatic carbocycles. The summed E-state index contributed by atoms with van der Waals surface area (Å²) in [5, 5.41) is 3.86. The largest absolute Gasteiger partial charge is 0.378 e. The number of ether oxygens (including phenoxy) is 12. The quantitative estimate of drug-likeness (QED) is 0.0740. The van der Waals surface area contributed by atoms with E-state index in [-0.39, 0.29) is 0 Å². The minimum Gasteiger partial charge on any atom is -0.378 e. The fraction of sp³-hybridized carbons (Fsp3) is 1.00. The summed E-state index contributed by atoms with van der Waals surface area (Å²) in [6, 6.07) is 0. The molecular weight excluding hydrogens is 610 g/mol. The topological polar surface area (TPSA) is 123 Å². The molecule has 0 heterocycles. The minimum absolute atomic E-state index is 0.517. The summed E-state index contributed by atoms with van der Waals surface area (Å²) in [7, 11) is 1.90. The zero-order valence-corrected chi connectivity index (χ0v) is 26.7. The number of nitrogens with one attached hydrogen (secondary N) is 1. The highest BCUT2D eigenvalue weighted by Gasteiger charge is 1.96. The van der Waals surface area contributed by atoms with Gasteiger partial charge in [0.25, 0.3) is 0 Å². The Morgan fingerprint density at radius 2 is 0.463 bits per heavy atom. The number of rotatable bonds is 38. The van der Waals surface area contributed by atoms with Crippen LogP contribution in [0.2, 0.25) is 0 Å².